The quantitative estimate of drug-likeness (QED) is 0.919. The van der Waals surface area contributed by atoms with E-state index >= 15 is 0 Å². The van der Waals surface area contributed by atoms with E-state index in [-0.39, 0.29) is 22.3 Å². The van der Waals surface area contributed by atoms with Gasteiger partial charge in [0.25, 0.3) is 0 Å². The first-order valence-electron chi connectivity index (χ1n) is 5.21. The number of nitrogens with one attached hydrogen (secondary N) is 1. The molecule has 2 aromatic rings. The maximum Gasteiger partial charge on any atom is 0.442 e. The van der Waals surface area contributed by atoms with Gasteiger partial charge in [-0.1, -0.05) is 11.6 Å². The predicted octanol–water partition coefficient (Wildman–Crippen LogP) is 1.30. The lowest BCUT2D eigenvalue weighted by Crippen LogP contribution is -2.16. The van der Waals surface area contributed by atoms with Gasteiger partial charge in [0.1, 0.15) is 5.69 Å². The fourth-order valence-corrected chi connectivity index (χ4v) is 2.32. The van der Waals surface area contributed by atoms with Crippen molar-refractivity contribution < 1.29 is 17.2 Å². The number of aryl methyl sites for hydroxylation is 1. The van der Waals surface area contributed by atoms with E-state index in [1.54, 1.807) is 0 Å². The monoisotopic (exact) mass is 321 g/mol. The van der Waals surface area contributed by atoms with Crippen LogP contribution in [0.5, 0.6) is 0 Å². The van der Waals surface area contributed by atoms with Crippen LogP contribution in [0.1, 0.15) is 5.89 Å². The molecule has 1 aromatic heterocycles. The highest BCUT2D eigenvalue weighted by Gasteiger charge is 2.16. The second-order valence-electron chi connectivity index (χ2n) is 3.96. The Morgan fingerprint density at radius 2 is 2.10 bits per heavy atom. The standard InChI is InChI=1S/C10H9ClFN3O4S/c1-5-13-15(10(16)19-5)9-4-8(14-20(2,17)18)6(11)3-7(9)12/h3-4,14H,1-2H3. The number of nitrogens with zero attached hydrogens (tertiary/aromatic N) is 2. The molecule has 0 radical (unpaired) electrons. The highest BCUT2D eigenvalue weighted by atomic mass is 35.5. The number of anilines is 1. The van der Waals surface area contributed by atoms with E-state index in [2.05, 4.69) is 14.2 Å². The maximum atomic E-state index is 13.8. The molecule has 0 unspecified atom stereocenters. The zero-order valence-electron chi connectivity index (χ0n) is 10.3. The smallest absolute Gasteiger partial charge is 0.392 e. The van der Waals surface area contributed by atoms with Crippen LogP contribution in [0.25, 0.3) is 5.69 Å². The average Bonchev–Trinajstić information content (AvgIpc) is 2.60. The molecule has 0 spiro atoms. The molecular weight excluding hydrogens is 313 g/mol. The van der Waals surface area contributed by atoms with Crippen molar-refractivity contribution in [2.24, 2.45) is 0 Å². The van der Waals surface area contributed by atoms with E-state index < -0.39 is 21.6 Å². The fraction of sp³-hybridized carbons (Fsp3) is 0.200. The Labute approximate surface area is 118 Å². The summed E-state index contributed by atoms with van der Waals surface area (Å²) in [4.78, 5) is 11.5. The van der Waals surface area contributed by atoms with Crippen LogP contribution in [0.3, 0.4) is 0 Å². The number of aromatic nitrogens is 2. The van der Waals surface area contributed by atoms with Crippen LogP contribution in [0.15, 0.2) is 21.3 Å². The third kappa shape index (κ3) is 2.99. The largest absolute Gasteiger partial charge is 0.442 e. The first-order chi connectivity index (χ1) is 9.17. The molecule has 108 valence electrons. The molecule has 0 aliphatic heterocycles. The second kappa shape index (κ2) is 4.91. The lowest BCUT2D eigenvalue weighted by Gasteiger charge is -2.09. The minimum atomic E-state index is -3.60. The van der Waals surface area contributed by atoms with Crippen molar-refractivity contribution in [1.82, 2.24) is 9.78 Å². The van der Waals surface area contributed by atoms with Gasteiger partial charge in [0.05, 0.1) is 17.0 Å². The summed E-state index contributed by atoms with van der Waals surface area (Å²) >= 11 is 5.74. The Hall–Kier alpha value is -1.87. The van der Waals surface area contributed by atoms with Gasteiger partial charge in [-0.05, 0) is 12.1 Å². The van der Waals surface area contributed by atoms with Crippen molar-refractivity contribution in [3.63, 3.8) is 0 Å². The molecule has 1 aromatic carbocycles. The van der Waals surface area contributed by atoms with Gasteiger partial charge in [-0.3, -0.25) is 4.72 Å². The zero-order chi connectivity index (χ0) is 15.1. The molecule has 7 nitrogen and oxygen atoms in total. The van der Waals surface area contributed by atoms with Crippen LogP contribution in [-0.4, -0.2) is 24.5 Å². The predicted molar refractivity (Wildman–Crippen MR) is 70.3 cm³/mol. The van der Waals surface area contributed by atoms with Crippen LogP contribution >= 0.6 is 11.6 Å². The van der Waals surface area contributed by atoms with Crippen molar-refractivity contribution in [3.05, 3.63) is 39.4 Å². The van der Waals surface area contributed by atoms with Gasteiger partial charge in [-0.25, -0.2) is 17.6 Å². The summed E-state index contributed by atoms with van der Waals surface area (Å²) in [5.74, 6) is -1.69. The van der Waals surface area contributed by atoms with Crippen molar-refractivity contribution >= 4 is 27.3 Å². The summed E-state index contributed by atoms with van der Waals surface area (Å²) in [7, 11) is -3.60. The Balaban J connectivity index is 2.63. The third-order valence-corrected chi connectivity index (χ3v) is 3.11. The Morgan fingerprint density at radius 1 is 1.45 bits per heavy atom. The number of hydrogen-bond donors (Lipinski definition) is 1. The van der Waals surface area contributed by atoms with Crippen molar-refractivity contribution in [3.8, 4) is 5.69 Å². The van der Waals surface area contributed by atoms with Crippen LogP contribution in [0, 0.1) is 12.7 Å². The molecule has 0 atom stereocenters. The van der Waals surface area contributed by atoms with Gasteiger partial charge < -0.3 is 4.42 Å². The van der Waals surface area contributed by atoms with Gasteiger partial charge in [-0.15, -0.1) is 5.10 Å². The Kier molecular flexibility index (Phi) is 3.57. The molecule has 0 aliphatic carbocycles. The fourth-order valence-electron chi connectivity index (χ4n) is 1.50. The molecule has 1 heterocycles. The second-order valence-corrected chi connectivity index (χ2v) is 6.11. The molecule has 0 saturated heterocycles. The van der Waals surface area contributed by atoms with E-state index in [0.717, 1.165) is 18.4 Å². The number of benzene rings is 1. The lowest BCUT2D eigenvalue weighted by molar-refractivity contribution is 0.475. The summed E-state index contributed by atoms with van der Waals surface area (Å²) in [5.41, 5.74) is -0.347. The van der Waals surface area contributed by atoms with Crippen LogP contribution in [0.2, 0.25) is 5.02 Å². The van der Waals surface area contributed by atoms with Crippen molar-refractivity contribution in [2.45, 2.75) is 6.92 Å². The molecule has 0 aliphatic rings. The molecule has 10 heteroatoms. The minimum Gasteiger partial charge on any atom is -0.392 e. The molecular formula is C10H9ClFN3O4S. The van der Waals surface area contributed by atoms with Crippen molar-refractivity contribution in [1.29, 1.82) is 0 Å². The van der Waals surface area contributed by atoms with E-state index in [1.807, 2.05) is 0 Å². The van der Waals surface area contributed by atoms with Crippen molar-refractivity contribution in [2.75, 3.05) is 11.0 Å². The highest BCUT2D eigenvalue weighted by molar-refractivity contribution is 7.92. The van der Waals surface area contributed by atoms with Gasteiger partial charge in [0, 0.05) is 6.92 Å². The molecule has 0 amide bonds. The number of halogens is 2. The van der Waals surface area contributed by atoms with E-state index in [9.17, 15) is 17.6 Å². The zero-order valence-corrected chi connectivity index (χ0v) is 11.9. The van der Waals surface area contributed by atoms with Crippen LogP contribution in [-0.2, 0) is 10.0 Å². The SMILES string of the molecule is Cc1nn(-c2cc(NS(C)(=O)=O)c(Cl)cc2F)c(=O)o1. The summed E-state index contributed by atoms with van der Waals surface area (Å²) in [6, 6.07) is 1.93. The van der Waals surface area contributed by atoms with Crippen LogP contribution in [0.4, 0.5) is 10.1 Å². The topological polar surface area (TPSA) is 94.2 Å². The van der Waals surface area contributed by atoms with Crippen LogP contribution < -0.4 is 10.5 Å². The van der Waals surface area contributed by atoms with Gasteiger partial charge in [0.2, 0.25) is 15.9 Å². The molecule has 0 saturated carbocycles. The highest BCUT2D eigenvalue weighted by Crippen LogP contribution is 2.27. The lowest BCUT2D eigenvalue weighted by atomic mass is 10.2. The van der Waals surface area contributed by atoms with E-state index in [4.69, 9.17) is 11.6 Å². The summed E-state index contributed by atoms with van der Waals surface area (Å²) in [6.45, 7) is 1.42. The molecule has 2 rings (SSSR count). The summed E-state index contributed by atoms with van der Waals surface area (Å²) in [5, 5.41) is 3.54. The normalized spacial score (nSPS) is 11.6. The minimum absolute atomic E-state index is 0.0435. The number of hydrogen-bond acceptors (Lipinski definition) is 5. The molecule has 1 N–H and O–H groups in total. The molecule has 20 heavy (non-hydrogen) atoms. The van der Waals surface area contributed by atoms with Gasteiger partial charge in [-0.2, -0.15) is 4.68 Å². The Morgan fingerprint density at radius 3 is 2.60 bits per heavy atom. The number of rotatable bonds is 3. The first-order valence-corrected chi connectivity index (χ1v) is 7.48. The van der Waals surface area contributed by atoms with E-state index in [0.29, 0.717) is 4.68 Å². The maximum absolute atomic E-state index is 13.8. The average molecular weight is 322 g/mol. The van der Waals surface area contributed by atoms with Gasteiger partial charge in [0.15, 0.2) is 5.82 Å². The molecule has 0 bridgehead atoms. The third-order valence-electron chi connectivity index (χ3n) is 2.21. The Bertz CT molecular complexity index is 828. The first kappa shape index (κ1) is 14.5. The van der Waals surface area contributed by atoms with Gasteiger partial charge >= 0.3 is 5.76 Å². The summed E-state index contributed by atoms with van der Waals surface area (Å²) in [6.07, 6.45) is 0.915. The van der Waals surface area contributed by atoms with E-state index in [1.165, 1.54) is 6.92 Å². The number of sulfonamides is 1. The summed E-state index contributed by atoms with van der Waals surface area (Å²) < 4.78 is 43.7. The molecule has 0 fully saturated rings.